The molecule has 0 spiro atoms. The Morgan fingerprint density at radius 1 is 1.21 bits per heavy atom. The predicted molar refractivity (Wildman–Crippen MR) is 65.3 cm³/mol. The summed E-state index contributed by atoms with van der Waals surface area (Å²) < 4.78 is 9.90. The van der Waals surface area contributed by atoms with Crippen molar-refractivity contribution in [1.29, 1.82) is 0 Å². The molecule has 1 aliphatic heterocycles. The number of hydrogen-bond donors (Lipinski definition) is 0. The quantitative estimate of drug-likeness (QED) is 0.387. The second kappa shape index (κ2) is 2.97. The Labute approximate surface area is 107 Å². The average molecular weight is 250 g/mol. The second-order valence-electron chi connectivity index (χ2n) is 4.52. The molecule has 0 bridgehead atoms. The molecule has 5 rings (SSSR count). The van der Waals surface area contributed by atoms with E-state index >= 15 is 0 Å². The third-order valence-corrected chi connectivity index (χ3v) is 3.47. The Balaban J connectivity index is 1.94. The second-order valence-corrected chi connectivity index (χ2v) is 4.52. The van der Waals surface area contributed by atoms with Gasteiger partial charge in [-0.25, -0.2) is 0 Å². The molecule has 0 radical (unpaired) electrons. The van der Waals surface area contributed by atoms with Gasteiger partial charge in [0, 0.05) is 12.4 Å². The van der Waals surface area contributed by atoms with Gasteiger partial charge in [0.05, 0.1) is 11.3 Å². The van der Waals surface area contributed by atoms with Crippen molar-refractivity contribution in [3.63, 3.8) is 0 Å². The molecule has 6 nitrogen and oxygen atoms in total. The van der Waals surface area contributed by atoms with E-state index in [0.29, 0.717) is 18.0 Å². The van der Waals surface area contributed by atoms with E-state index in [9.17, 15) is 0 Å². The number of oxazole rings is 1. The third kappa shape index (κ3) is 1.02. The van der Waals surface area contributed by atoms with Gasteiger partial charge >= 0.3 is 23.0 Å². The lowest BCUT2D eigenvalue weighted by Crippen LogP contribution is -2.31. The Bertz CT molecular complexity index is 952. The van der Waals surface area contributed by atoms with Gasteiger partial charge in [0.15, 0.2) is 0 Å². The first-order valence-electron chi connectivity index (χ1n) is 6.01. The van der Waals surface area contributed by atoms with Gasteiger partial charge in [-0.3, -0.25) is 4.98 Å². The minimum atomic E-state index is 0.614. The van der Waals surface area contributed by atoms with Gasteiger partial charge < -0.3 is 4.42 Å². The number of hydrogen-bond acceptors (Lipinski definition) is 4. The van der Waals surface area contributed by atoms with Crippen molar-refractivity contribution in [2.75, 3.05) is 0 Å². The molecule has 5 heterocycles. The first-order valence-corrected chi connectivity index (χ1v) is 6.01. The summed E-state index contributed by atoms with van der Waals surface area (Å²) in [4.78, 5) is 13.0. The number of aromatic nitrogens is 5. The Kier molecular flexibility index (Phi) is 1.44. The molecule has 0 amide bonds. The molecule has 1 aliphatic rings. The lowest BCUT2D eigenvalue weighted by molar-refractivity contribution is -0.652. The zero-order valence-electron chi connectivity index (χ0n) is 9.82. The third-order valence-electron chi connectivity index (χ3n) is 3.47. The fourth-order valence-corrected chi connectivity index (χ4v) is 2.67. The molecule has 0 atom stereocenters. The van der Waals surface area contributed by atoms with Crippen molar-refractivity contribution in [1.82, 2.24) is 19.4 Å². The molecule has 90 valence electrons. The minimum absolute atomic E-state index is 0.614. The first-order chi connectivity index (χ1) is 9.42. The fraction of sp³-hybridized carbons (Fsp3) is 0.0769. The van der Waals surface area contributed by atoms with Gasteiger partial charge in [-0.15, -0.1) is 4.98 Å². The maximum Gasteiger partial charge on any atom is 0.356 e. The summed E-state index contributed by atoms with van der Waals surface area (Å²) in [7, 11) is 0. The summed E-state index contributed by atoms with van der Waals surface area (Å²) in [5.74, 6) is 1.47. The van der Waals surface area contributed by atoms with E-state index in [-0.39, 0.29) is 0 Å². The van der Waals surface area contributed by atoms with Crippen LogP contribution in [0.2, 0.25) is 0 Å². The highest BCUT2D eigenvalue weighted by Crippen LogP contribution is 2.29. The van der Waals surface area contributed by atoms with Crippen molar-refractivity contribution >= 4 is 17.1 Å². The molecular formula is C13H8N5O+. The van der Waals surface area contributed by atoms with E-state index in [1.165, 1.54) is 0 Å². The van der Waals surface area contributed by atoms with Gasteiger partial charge in [-0.1, -0.05) is 0 Å². The van der Waals surface area contributed by atoms with Crippen LogP contribution in [0.5, 0.6) is 0 Å². The summed E-state index contributed by atoms with van der Waals surface area (Å²) in [6.07, 6.45) is 5.47. The number of pyridine rings is 1. The molecule has 0 fully saturated rings. The lowest BCUT2D eigenvalue weighted by atomic mass is 10.2. The maximum absolute atomic E-state index is 5.87. The molecule has 4 aromatic heterocycles. The van der Waals surface area contributed by atoms with Crippen LogP contribution in [0.3, 0.4) is 0 Å². The van der Waals surface area contributed by atoms with Crippen molar-refractivity contribution in [3.05, 3.63) is 42.5 Å². The van der Waals surface area contributed by atoms with Crippen molar-refractivity contribution in [2.24, 2.45) is 0 Å². The number of fused-ring (bicyclic) bond motifs is 7. The van der Waals surface area contributed by atoms with Crippen LogP contribution < -0.4 is 4.57 Å². The number of imidazole rings is 1. The molecule has 0 aliphatic carbocycles. The van der Waals surface area contributed by atoms with Crippen LogP contribution in [0, 0.1) is 0 Å². The minimum Gasteiger partial charge on any atom is -0.395 e. The van der Waals surface area contributed by atoms with E-state index in [2.05, 4.69) is 19.5 Å². The molecule has 19 heavy (non-hydrogen) atoms. The highest BCUT2D eigenvalue weighted by Gasteiger charge is 2.34. The summed E-state index contributed by atoms with van der Waals surface area (Å²) in [6.45, 7) is 0.710. The van der Waals surface area contributed by atoms with Crippen molar-refractivity contribution < 1.29 is 8.98 Å². The van der Waals surface area contributed by atoms with Crippen LogP contribution in [0.1, 0.15) is 5.69 Å². The van der Waals surface area contributed by atoms with Crippen LogP contribution in [0.4, 0.5) is 0 Å². The molecular weight excluding hydrogens is 242 g/mol. The zero-order chi connectivity index (χ0) is 12.4. The molecule has 0 saturated carbocycles. The number of nitrogens with zero attached hydrogens (tertiary/aromatic N) is 5. The molecule has 0 unspecified atom stereocenters. The standard InChI is InChI=1S/C13H8N5O/c1-3-8-9(14-4-1)7-18-11-10(19-12(8)18)16-13-15-5-2-6-17(11)13/h1-6H,7H2/q+1. The Morgan fingerprint density at radius 3 is 3.16 bits per heavy atom. The van der Waals surface area contributed by atoms with Gasteiger partial charge in [0.2, 0.25) is 0 Å². The SMILES string of the molecule is c1cnc2c(c1)-c1oc3nc4ncccn4c3[n+]1C2. The van der Waals surface area contributed by atoms with Crippen LogP contribution in [-0.4, -0.2) is 19.4 Å². The van der Waals surface area contributed by atoms with Crippen LogP contribution >= 0.6 is 0 Å². The van der Waals surface area contributed by atoms with Gasteiger partial charge in [-0.2, -0.15) is 14.0 Å². The van der Waals surface area contributed by atoms with E-state index in [4.69, 9.17) is 4.42 Å². The Morgan fingerprint density at radius 2 is 2.16 bits per heavy atom. The van der Waals surface area contributed by atoms with Crippen LogP contribution in [0.15, 0.2) is 41.2 Å². The summed E-state index contributed by atoms with van der Waals surface area (Å²) >= 11 is 0. The smallest absolute Gasteiger partial charge is 0.356 e. The average Bonchev–Trinajstić information content (AvgIpc) is 3.05. The summed E-state index contributed by atoms with van der Waals surface area (Å²) in [5, 5.41) is 0. The Hall–Kier alpha value is -2.76. The summed E-state index contributed by atoms with van der Waals surface area (Å²) in [5.41, 5.74) is 3.61. The highest BCUT2D eigenvalue weighted by atomic mass is 16.4. The van der Waals surface area contributed by atoms with E-state index in [1.807, 2.05) is 28.8 Å². The van der Waals surface area contributed by atoms with Gasteiger partial charge in [0.25, 0.3) is 0 Å². The van der Waals surface area contributed by atoms with Crippen LogP contribution in [0.25, 0.3) is 28.6 Å². The summed E-state index contributed by atoms with van der Waals surface area (Å²) in [6, 6.07) is 5.82. The molecule has 0 N–H and O–H groups in total. The fourth-order valence-electron chi connectivity index (χ4n) is 2.67. The van der Waals surface area contributed by atoms with E-state index < -0.39 is 0 Å². The highest BCUT2D eigenvalue weighted by molar-refractivity contribution is 5.70. The lowest BCUT2D eigenvalue weighted by Gasteiger charge is -1.90. The molecule has 0 aromatic carbocycles. The first kappa shape index (κ1) is 9.21. The monoisotopic (exact) mass is 250 g/mol. The molecule has 6 heteroatoms. The zero-order valence-corrected chi connectivity index (χ0v) is 9.82. The van der Waals surface area contributed by atoms with Crippen molar-refractivity contribution in [2.45, 2.75) is 6.54 Å². The van der Waals surface area contributed by atoms with E-state index in [0.717, 1.165) is 22.8 Å². The van der Waals surface area contributed by atoms with Gasteiger partial charge in [-0.05, 0) is 18.2 Å². The number of rotatable bonds is 0. The van der Waals surface area contributed by atoms with E-state index in [1.54, 1.807) is 12.4 Å². The van der Waals surface area contributed by atoms with Crippen molar-refractivity contribution in [3.8, 4) is 11.5 Å². The largest absolute Gasteiger partial charge is 0.395 e. The normalized spacial score (nSPS) is 13.1. The topological polar surface area (TPSA) is 60.1 Å². The predicted octanol–water partition coefficient (Wildman–Crippen LogP) is 1.19. The van der Waals surface area contributed by atoms with Gasteiger partial charge in [0.1, 0.15) is 12.7 Å². The molecule has 4 aromatic rings. The van der Waals surface area contributed by atoms with Crippen LogP contribution in [-0.2, 0) is 6.54 Å². The molecule has 0 saturated heterocycles. The maximum atomic E-state index is 5.87.